The summed E-state index contributed by atoms with van der Waals surface area (Å²) in [7, 11) is 0. The third kappa shape index (κ3) is 2.26. The first-order valence-electron chi connectivity index (χ1n) is 5.41. The van der Waals surface area contributed by atoms with Crippen molar-refractivity contribution in [1.82, 2.24) is 5.32 Å². The van der Waals surface area contributed by atoms with Crippen LogP contribution in [0.15, 0.2) is 30.3 Å². The van der Waals surface area contributed by atoms with Crippen molar-refractivity contribution in [2.45, 2.75) is 25.9 Å². The topological polar surface area (TPSA) is 24.1 Å². The van der Waals surface area contributed by atoms with Gasteiger partial charge in [0.05, 0.1) is 6.17 Å². The molecule has 1 aliphatic heterocycles. The van der Waals surface area contributed by atoms with Crippen molar-refractivity contribution in [3.63, 3.8) is 0 Å². The van der Waals surface area contributed by atoms with E-state index in [0.717, 1.165) is 6.54 Å². The van der Waals surface area contributed by atoms with Gasteiger partial charge in [-0.15, -0.1) is 0 Å². The van der Waals surface area contributed by atoms with E-state index in [9.17, 15) is 0 Å². The van der Waals surface area contributed by atoms with Crippen molar-refractivity contribution in [2.24, 2.45) is 5.92 Å². The van der Waals surface area contributed by atoms with Crippen LogP contribution < -0.4 is 10.6 Å². The fraction of sp³-hybridized carbons (Fsp3) is 0.500. The molecule has 1 aromatic carbocycles. The van der Waals surface area contributed by atoms with Gasteiger partial charge in [-0.2, -0.15) is 0 Å². The molecule has 1 fully saturated rings. The molecule has 1 aromatic rings. The Morgan fingerprint density at radius 1 is 1.29 bits per heavy atom. The van der Waals surface area contributed by atoms with E-state index in [1.54, 1.807) is 0 Å². The fourth-order valence-electron chi connectivity index (χ4n) is 1.96. The molecule has 0 radical (unpaired) electrons. The molecular formula is C12H18N2. The number of benzene rings is 1. The lowest BCUT2D eigenvalue weighted by molar-refractivity contribution is 0.326. The summed E-state index contributed by atoms with van der Waals surface area (Å²) in [6.45, 7) is 3.43. The SMILES string of the molecule is CC1CCCNC1Nc1ccccc1. The number of nitrogens with one attached hydrogen (secondary N) is 2. The Kier molecular flexibility index (Phi) is 3.04. The summed E-state index contributed by atoms with van der Waals surface area (Å²) in [4.78, 5) is 0. The van der Waals surface area contributed by atoms with E-state index < -0.39 is 0 Å². The predicted molar refractivity (Wildman–Crippen MR) is 60.3 cm³/mol. The van der Waals surface area contributed by atoms with Crippen molar-refractivity contribution in [3.05, 3.63) is 30.3 Å². The molecule has 2 nitrogen and oxygen atoms in total. The van der Waals surface area contributed by atoms with Crippen LogP contribution in [0.4, 0.5) is 5.69 Å². The molecule has 0 spiro atoms. The summed E-state index contributed by atoms with van der Waals surface area (Å²) in [5, 5.41) is 7.03. The van der Waals surface area contributed by atoms with Gasteiger partial charge >= 0.3 is 0 Å². The third-order valence-electron chi connectivity index (χ3n) is 2.87. The molecular weight excluding hydrogens is 172 g/mol. The van der Waals surface area contributed by atoms with Gasteiger partial charge in [0.25, 0.3) is 0 Å². The van der Waals surface area contributed by atoms with Gasteiger partial charge in [0, 0.05) is 5.69 Å². The van der Waals surface area contributed by atoms with Gasteiger partial charge < -0.3 is 5.32 Å². The largest absolute Gasteiger partial charge is 0.370 e. The second-order valence-corrected chi connectivity index (χ2v) is 4.06. The Morgan fingerprint density at radius 3 is 2.79 bits per heavy atom. The number of hydrogen-bond donors (Lipinski definition) is 2. The molecule has 1 saturated heterocycles. The van der Waals surface area contributed by atoms with Crippen LogP contribution in [0.25, 0.3) is 0 Å². The van der Waals surface area contributed by atoms with Gasteiger partial charge in [-0.25, -0.2) is 0 Å². The van der Waals surface area contributed by atoms with Crippen molar-refractivity contribution in [2.75, 3.05) is 11.9 Å². The summed E-state index contributed by atoms with van der Waals surface area (Å²) in [6.07, 6.45) is 3.05. The quantitative estimate of drug-likeness (QED) is 0.748. The van der Waals surface area contributed by atoms with Crippen LogP contribution in [0.1, 0.15) is 19.8 Å². The van der Waals surface area contributed by atoms with Gasteiger partial charge in [0.1, 0.15) is 0 Å². The molecule has 2 N–H and O–H groups in total. The van der Waals surface area contributed by atoms with Crippen LogP contribution in [0, 0.1) is 5.92 Å². The smallest absolute Gasteiger partial charge is 0.0794 e. The van der Waals surface area contributed by atoms with Crippen LogP contribution >= 0.6 is 0 Å². The molecule has 2 unspecified atom stereocenters. The van der Waals surface area contributed by atoms with Crippen molar-refractivity contribution in [3.8, 4) is 0 Å². The molecule has 14 heavy (non-hydrogen) atoms. The molecule has 0 aliphatic carbocycles. The molecule has 2 heteroatoms. The number of rotatable bonds is 2. The summed E-state index contributed by atoms with van der Waals surface area (Å²) >= 11 is 0. The Bertz CT molecular complexity index is 271. The second-order valence-electron chi connectivity index (χ2n) is 4.06. The number of hydrogen-bond acceptors (Lipinski definition) is 2. The lowest BCUT2D eigenvalue weighted by atomic mass is 9.98. The minimum absolute atomic E-state index is 0.436. The Morgan fingerprint density at radius 2 is 2.07 bits per heavy atom. The summed E-state index contributed by atoms with van der Waals surface area (Å²) < 4.78 is 0. The second kappa shape index (κ2) is 4.47. The predicted octanol–water partition coefficient (Wildman–Crippen LogP) is 2.44. The lowest BCUT2D eigenvalue weighted by Crippen LogP contribution is -2.45. The highest BCUT2D eigenvalue weighted by Gasteiger charge is 2.19. The minimum Gasteiger partial charge on any atom is -0.370 e. The zero-order chi connectivity index (χ0) is 9.80. The first-order valence-corrected chi connectivity index (χ1v) is 5.41. The fourth-order valence-corrected chi connectivity index (χ4v) is 1.96. The van der Waals surface area contributed by atoms with E-state index in [1.165, 1.54) is 18.5 Å². The molecule has 0 amide bonds. The maximum atomic E-state index is 3.52. The van der Waals surface area contributed by atoms with Crippen molar-refractivity contribution < 1.29 is 0 Å². The van der Waals surface area contributed by atoms with Crippen LogP contribution in [-0.2, 0) is 0 Å². The van der Waals surface area contributed by atoms with E-state index in [2.05, 4.69) is 41.8 Å². The first-order chi connectivity index (χ1) is 6.86. The van der Waals surface area contributed by atoms with E-state index in [4.69, 9.17) is 0 Å². The van der Waals surface area contributed by atoms with Gasteiger partial charge in [-0.1, -0.05) is 25.1 Å². The van der Waals surface area contributed by atoms with Gasteiger partial charge in [-0.3, -0.25) is 5.32 Å². The molecule has 0 saturated carbocycles. The highest BCUT2D eigenvalue weighted by atomic mass is 15.1. The number of para-hydroxylation sites is 1. The molecule has 2 rings (SSSR count). The third-order valence-corrected chi connectivity index (χ3v) is 2.87. The first kappa shape index (κ1) is 9.53. The number of piperidine rings is 1. The van der Waals surface area contributed by atoms with Gasteiger partial charge in [-0.05, 0) is 37.4 Å². The van der Waals surface area contributed by atoms with E-state index in [0.29, 0.717) is 12.1 Å². The van der Waals surface area contributed by atoms with Crippen LogP contribution in [0.3, 0.4) is 0 Å². The molecule has 0 aromatic heterocycles. The maximum Gasteiger partial charge on any atom is 0.0794 e. The van der Waals surface area contributed by atoms with E-state index in [-0.39, 0.29) is 0 Å². The lowest BCUT2D eigenvalue weighted by Gasteiger charge is -2.31. The summed E-state index contributed by atoms with van der Waals surface area (Å²) in [5.41, 5.74) is 1.21. The van der Waals surface area contributed by atoms with Gasteiger partial charge in [0.15, 0.2) is 0 Å². The van der Waals surface area contributed by atoms with Crippen LogP contribution in [0.2, 0.25) is 0 Å². The Balaban J connectivity index is 1.96. The monoisotopic (exact) mass is 190 g/mol. The highest BCUT2D eigenvalue weighted by Crippen LogP contribution is 2.17. The zero-order valence-corrected chi connectivity index (χ0v) is 8.66. The standard InChI is InChI=1S/C12H18N2/c1-10-6-5-9-13-12(10)14-11-7-3-2-4-8-11/h2-4,7-8,10,12-14H,5-6,9H2,1H3. The minimum atomic E-state index is 0.436. The van der Waals surface area contributed by atoms with Crippen molar-refractivity contribution in [1.29, 1.82) is 0 Å². The van der Waals surface area contributed by atoms with Crippen LogP contribution in [-0.4, -0.2) is 12.7 Å². The highest BCUT2D eigenvalue weighted by molar-refractivity contribution is 5.43. The number of anilines is 1. The van der Waals surface area contributed by atoms with Crippen molar-refractivity contribution >= 4 is 5.69 Å². The molecule has 1 heterocycles. The summed E-state index contributed by atoms with van der Waals surface area (Å²) in [5.74, 6) is 0.712. The maximum absolute atomic E-state index is 3.52. The summed E-state index contributed by atoms with van der Waals surface area (Å²) in [6, 6.07) is 10.4. The molecule has 76 valence electrons. The molecule has 1 aliphatic rings. The Hall–Kier alpha value is -1.02. The van der Waals surface area contributed by atoms with E-state index >= 15 is 0 Å². The van der Waals surface area contributed by atoms with Gasteiger partial charge in [0.2, 0.25) is 0 Å². The average Bonchev–Trinajstić information content (AvgIpc) is 2.23. The average molecular weight is 190 g/mol. The zero-order valence-electron chi connectivity index (χ0n) is 8.66. The molecule has 0 bridgehead atoms. The Labute approximate surface area is 85.7 Å². The molecule has 2 atom stereocenters. The normalized spacial score (nSPS) is 27.2. The van der Waals surface area contributed by atoms with E-state index in [1.807, 2.05) is 6.07 Å². The van der Waals surface area contributed by atoms with Crippen LogP contribution in [0.5, 0.6) is 0 Å².